The molecular weight excluding hydrogens is 342 g/mol. The molecule has 0 saturated carbocycles. The highest BCUT2D eigenvalue weighted by molar-refractivity contribution is 6.33. The highest BCUT2D eigenvalue weighted by atomic mass is 35.5. The van der Waals surface area contributed by atoms with Gasteiger partial charge in [0, 0.05) is 37.5 Å². The van der Waals surface area contributed by atoms with Gasteiger partial charge in [0.05, 0.1) is 10.7 Å². The Balaban J connectivity index is 1.84. The van der Waals surface area contributed by atoms with Crippen molar-refractivity contribution in [2.24, 2.45) is 7.05 Å². The number of carbonyl (C=O) groups is 2. The first-order valence-electron chi connectivity index (χ1n) is 7.91. The lowest BCUT2D eigenvalue weighted by molar-refractivity contribution is -0.121. The van der Waals surface area contributed by atoms with Crippen LogP contribution in [-0.4, -0.2) is 40.4 Å². The van der Waals surface area contributed by atoms with Crippen LogP contribution in [0.5, 0.6) is 0 Å². The Morgan fingerprint density at radius 1 is 1.20 bits per heavy atom. The lowest BCUT2D eigenvalue weighted by Crippen LogP contribution is -2.57. The standard InChI is InChI=1S/C18H18ClN3O3/c1-12-10-22(15-6-4-3-5-14(15)19)17(24)11-21(12)18(25)13-7-8-20(2)16(23)9-13/h3-9,12H,10-11H2,1-2H3/t12-/m1/s1. The molecule has 1 saturated heterocycles. The number of carbonyl (C=O) groups excluding carboxylic acids is 2. The van der Waals surface area contributed by atoms with Gasteiger partial charge in [0.2, 0.25) is 5.91 Å². The van der Waals surface area contributed by atoms with Crippen molar-refractivity contribution in [3.05, 3.63) is 63.5 Å². The van der Waals surface area contributed by atoms with E-state index in [0.717, 1.165) is 0 Å². The molecule has 1 atom stereocenters. The molecule has 0 radical (unpaired) electrons. The second-order valence-corrected chi connectivity index (χ2v) is 6.51. The maximum absolute atomic E-state index is 12.7. The number of aromatic nitrogens is 1. The van der Waals surface area contributed by atoms with Crippen molar-refractivity contribution in [1.29, 1.82) is 0 Å². The van der Waals surface area contributed by atoms with Crippen molar-refractivity contribution >= 4 is 29.1 Å². The molecule has 1 aromatic carbocycles. The minimum Gasteiger partial charge on any atom is -0.325 e. The summed E-state index contributed by atoms with van der Waals surface area (Å²) in [4.78, 5) is 40.1. The minimum atomic E-state index is -0.322. The molecule has 2 amide bonds. The fraction of sp³-hybridized carbons (Fsp3) is 0.278. The van der Waals surface area contributed by atoms with Gasteiger partial charge in [-0.3, -0.25) is 14.4 Å². The van der Waals surface area contributed by atoms with E-state index in [9.17, 15) is 14.4 Å². The number of nitrogens with zero attached hydrogens (tertiary/aromatic N) is 3. The van der Waals surface area contributed by atoms with E-state index in [1.54, 1.807) is 42.4 Å². The molecule has 3 rings (SSSR count). The third kappa shape index (κ3) is 3.30. The summed E-state index contributed by atoms with van der Waals surface area (Å²) in [5.41, 5.74) is 0.662. The maximum atomic E-state index is 12.7. The molecular formula is C18H18ClN3O3. The van der Waals surface area contributed by atoms with Crippen LogP contribution in [0.2, 0.25) is 5.02 Å². The third-order valence-corrected chi connectivity index (χ3v) is 4.66. The molecule has 2 aromatic rings. The number of rotatable bonds is 2. The number of amides is 2. The number of hydrogen-bond donors (Lipinski definition) is 0. The molecule has 130 valence electrons. The molecule has 0 unspecified atom stereocenters. The van der Waals surface area contributed by atoms with Gasteiger partial charge >= 0.3 is 0 Å². The van der Waals surface area contributed by atoms with E-state index >= 15 is 0 Å². The predicted octanol–water partition coefficient (Wildman–Crippen LogP) is 1.92. The zero-order valence-corrected chi connectivity index (χ0v) is 14.7. The van der Waals surface area contributed by atoms with Crippen molar-refractivity contribution in [2.75, 3.05) is 18.0 Å². The first-order valence-corrected chi connectivity index (χ1v) is 8.29. The van der Waals surface area contributed by atoms with Crippen molar-refractivity contribution < 1.29 is 9.59 Å². The summed E-state index contributed by atoms with van der Waals surface area (Å²) in [5, 5.41) is 0.495. The second kappa shape index (κ2) is 6.72. The number of hydrogen-bond acceptors (Lipinski definition) is 3. The van der Waals surface area contributed by atoms with Crippen molar-refractivity contribution in [3.63, 3.8) is 0 Å². The Morgan fingerprint density at radius 3 is 2.60 bits per heavy atom. The Labute approximate surface area is 150 Å². The summed E-state index contributed by atoms with van der Waals surface area (Å²) in [5.74, 6) is -0.527. The van der Waals surface area contributed by atoms with Gasteiger partial charge in [0.1, 0.15) is 6.54 Å². The van der Waals surface area contributed by atoms with Crippen LogP contribution in [0.4, 0.5) is 5.69 Å². The second-order valence-electron chi connectivity index (χ2n) is 6.10. The van der Waals surface area contributed by atoms with Crippen molar-refractivity contribution in [3.8, 4) is 0 Å². The van der Waals surface area contributed by atoms with Crippen LogP contribution in [-0.2, 0) is 11.8 Å². The number of para-hydroxylation sites is 1. The van der Waals surface area contributed by atoms with Gasteiger partial charge in [-0.05, 0) is 25.1 Å². The van der Waals surface area contributed by atoms with Crippen molar-refractivity contribution in [2.45, 2.75) is 13.0 Å². The van der Waals surface area contributed by atoms with Gasteiger partial charge in [0.25, 0.3) is 11.5 Å². The van der Waals surface area contributed by atoms with E-state index in [2.05, 4.69) is 0 Å². The van der Waals surface area contributed by atoms with Gasteiger partial charge in [-0.15, -0.1) is 0 Å². The molecule has 1 aliphatic heterocycles. The van der Waals surface area contributed by atoms with Crippen LogP contribution in [0, 0.1) is 0 Å². The summed E-state index contributed by atoms with van der Waals surface area (Å²) in [6.45, 7) is 2.16. The molecule has 2 heterocycles. The summed E-state index contributed by atoms with van der Waals surface area (Å²) >= 11 is 6.19. The van der Waals surface area contributed by atoms with Crippen LogP contribution < -0.4 is 10.5 Å². The molecule has 0 aliphatic carbocycles. The molecule has 7 heteroatoms. The molecule has 0 N–H and O–H groups in total. The van der Waals surface area contributed by atoms with Gasteiger partial charge in [0.15, 0.2) is 0 Å². The Bertz CT molecular complexity index is 893. The normalized spacial score (nSPS) is 17.7. The quantitative estimate of drug-likeness (QED) is 0.823. The van der Waals surface area contributed by atoms with Crippen LogP contribution in [0.15, 0.2) is 47.4 Å². The lowest BCUT2D eigenvalue weighted by atomic mass is 10.1. The molecule has 1 fully saturated rings. The first-order chi connectivity index (χ1) is 11.9. The van der Waals surface area contributed by atoms with E-state index in [1.165, 1.54) is 15.5 Å². The molecule has 0 bridgehead atoms. The van der Waals surface area contributed by atoms with Gasteiger partial charge in [-0.1, -0.05) is 23.7 Å². The van der Waals surface area contributed by atoms with E-state index in [1.807, 2.05) is 13.0 Å². The number of piperazine rings is 1. The number of benzene rings is 1. The van der Waals surface area contributed by atoms with Gasteiger partial charge in [-0.25, -0.2) is 0 Å². The van der Waals surface area contributed by atoms with E-state index < -0.39 is 0 Å². The van der Waals surface area contributed by atoms with E-state index in [-0.39, 0.29) is 35.5 Å². The third-order valence-electron chi connectivity index (χ3n) is 4.34. The molecule has 0 spiro atoms. The predicted molar refractivity (Wildman–Crippen MR) is 96.0 cm³/mol. The summed E-state index contributed by atoms with van der Waals surface area (Å²) in [7, 11) is 1.62. The fourth-order valence-electron chi connectivity index (χ4n) is 2.87. The molecule has 6 nitrogen and oxygen atoms in total. The highest BCUT2D eigenvalue weighted by Gasteiger charge is 2.34. The molecule has 25 heavy (non-hydrogen) atoms. The lowest BCUT2D eigenvalue weighted by Gasteiger charge is -2.39. The fourth-order valence-corrected chi connectivity index (χ4v) is 3.11. The monoisotopic (exact) mass is 359 g/mol. The Kier molecular flexibility index (Phi) is 4.63. The minimum absolute atomic E-state index is 0.0551. The van der Waals surface area contributed by atoms with Crippen LogP contribution in [0.3, 0.4) is 0 Å². The zero-order chi connectivity index (χ0) is 18.1. The topological polar surface area (TPSA) is 62.6 Å². The summed E-state index contributed by atoms with van der Waals surface area (Å²) in [6, 6.07) is 9.80. The largest absolute Gasteiger partial charge is 0.325 e. The van der Waals surface area contributed by atoms with Gasteiger partial charge in [-0.2, -0.15) is 0 Å². The Hall–Kier alpha value is -2.60. The number of anilines is 1. The van der Waals surface area contributed by atoms with E-state index in [0.29, 0.717) is 17.3 Å². The molecule has 1 aliphatic rings. The average Bonchev–Trinajstić information content (AvgIpc) is 2.59. The molecule has 1 aromatic heterocycles. The smallest absolute Gasteiger partial charge is 0.254 e. The van der Waals surface area contributed by atoms with E-state index in [4.69, 9.17) is 11.6 Å². The number of pyridine rings is 1. The van der Waals surface area contributed by atoms with Gasteiger partial charge < -0.3 is 14.4 Å². The van der Waals surface area contributed by atoms with Crippen LogP contribution >= 0.6 is 11.6 Å². The number of halogens is 1. The van der Waals surface area contributed by atoms with Crippen molar-refractivity contribution in [1.82, 2.24) is 9.47 Å². The SMILES string of the molecule is C[C@@H]1CN(c2ccccc2Cl)C(=O)CN1C(=O)c1ccn(C)c(=O)c1. The summed E-state index contributed by atoms with van der Waals surface area (Å²) < 4.78 is 1.39. The average molecular weight is 360 g/mol. The van der Waals surface area contributed by atoms with Crippen LogP contribution in [0.25, 0.3) is 0 Å². The number of aryl methyl sites for hydroxylation is 1. The zero-order valence-electron chi connectivity index (χ0n) is 14.0. The van der Waals surface area contributed by atoms with Crippen LogP contribution in [0.1, 0.15) is 17.3 Å². The maximum Gasteiger partial charge on any atom is 0.254 e. The Morgan fingerprint density at radius 2 is 1.92 bits per heavy atom. The first kappa shape index (κ1) is 17.2. The summed E-state index contributed by atoms with van der Waals surface area (Å²) in [6.07, 6.45) is 1.54. The highest BCUT2D eigenvalue weighted by Crippen LogP contribution is 2.28.